The van der Waals surface area contributed by atoms with E-state index in [1.165, 1.54) is 263 Å². The summed E-state index contributed by atoms with van der Waals surface area (Å²) >= 11 is 0. The lowest BCUT2D eigenvalue weighted by molar-refractivity contribution is -0.124. The zero-order chi connectivity index (χ0) is 49.3. The number of carbonyl (C=O) groups is 1. The van der Waals surface area contributed by atoms with Crippen molar-refractivity contribution in [3.8, 4) is 0 Å². The summed E-state index contributed by atoms with van der Waals surface area (Å²) in [6, 6.07) is -0.832. The first kappa shape index (κ1) is 66.6. The van der Waals surface area contributed by atoms with Crippen LogP contribution in [0.15, 0.2) is 36.5 Å². The van der Waals surface area contributed by atoms with Crippen LogP contribution in [0.3, 0.4) is 0 Å². The molecule has 0 bridgehead atoms. The summed E-state index contributed by atoms with van der Waals surface area (Å²) in [6.45, 7) is 4.20. The van der Waals surface area contributed by atoms with E-state index in [1.807, 2.05) is 0 Å². The molecule has 0 spiro atoms. The molecule has 0 radical (unpaired) electrons. The van der Waals surface area contributed by atoms with Crippen LogP contribution in [0, 0.1) is 0 Å². The van der Waals surface area contributed by atoms with Crippen LogP contribution in [0.2, 0.25) is 0 Å². The van der Waals surface area contributed by atoms with Gasteiger partial charge in [-0.3, -0.25) is 4.79 Å². The minimum Gasteiger partial charge on any atom is -0.394 e. The molecule has 1 amide bonds. The molecule has 68 heavy (non-hydrogen) atoms. The SMILES string of the molecule is CCCCCCCCCCCCCC/C=C\CCCCCCCCCCCCCCCCCCCC(=O)NC(CO)C(O)C(O)CCC/C=C/CC/C=C/CCCCCCCCCCCCCC. The number of rotatable bonds is 57. The van der Waals surface area contributed by atoms with Crippen molar-refractivity contribution in [3.63, 3.8) is 0 Å². The number of hydrogen-bond donors (Lipinski definition) is 4. The zero-order valence-corrected chi connectivity index (χ0v) is 46.0. The molecule has 402 valence electrons. The average Bonchev–Trinajstić information content (AvgIpc) is 3.34. The molecule has 0 aromatic rings. The highest BCUT2D eigenvalue weighted by Crippen LogP contribution is 2.18. The van der Waals surface area contributed by atoms with Crippen LogP contribution >= 0.6 is 0 Å². The van der Waals surface area contributed by atoms with Crippen molar-refractivity contribution in [2.24, 2.45) is 0 Å². The second kappa shape index (κ2) is 58.1. The van der Waals surface area contributed by atoms with Gasteiger partial charge in [0.15, 0.2) is 0 Å². The summed E-state index contributed by atoms with van der Waals surface area (Å²) in [7, 11) is 0. The van der Waals surface area contributed by atoms with Crippen molar-refractivity contribution in [2.45, 2.75) is 353 Å². The number of unbranched alkanes of at least 4 members (excludes halogenated alkanes) is 43. The lowest BCUT2D eigenvalue weighted by Gasteiger charge is -2.26. The van der Waals surface area contributed by atoms with E-state index in [9.17, 15) is 20.1 Å². The van der Waals surface area contributed by atoms with E-state index >= 15 is 0 Å². The number of aliphatic hydroxyl groups is 3. The molecule has 0 saturated carbocycles. The van der Waals surface area contributed by atoms with Gasteiger partial charge in [-0.05, 0) is 77.0 Å². The maximum absolute atomic E-state index is 12.5. The summed E-state index contributed by atoms with van der Waals surface area (Å²) in [5.74, 6) is -0.153. The topological polar surface area (TPSA) is 89.8 Å². The number of amides is 1. The minimum absolute atomic E-state index is 0.153. The van der Waals surface area contributed by atoms with Crippen LogP contribution in [0.5, 0.6) is 0 Å². The standard InChI is InChI=1S/C63H121NO4/c1-3-5-7-9-11-13-15-17-19-21-23-25-26-27-28-29-30-31-32-33-34-35-36-38-40-42-44-46-48-50-52-54-56-58-62(67)64-60(59-65)63(68)61(66)57-55-53-51-49-47-45-43-41-39-37-24-22-20-18-16-14-12-10-8-6-4-2/h27-28,41,43,49,51,60-61,63,65-66,68H,3-26,29-40,42,44-48,50,52-59H2,1-2H3,(H,64,67)/b28-27-,43-41+,51-49+. The first-order valence-electron chi connectivity index (χ1n) is 30.8. The second-order valence-electron chi connectivity index (χ2n) is 21.2. The molecule has 0 aromatic carbocycles. The van der Waals surface area contributed by atoms with Gasteiger partial charge in [0.05, 0.1) is 18.8 Å². The average molecular weight is 957 g/mol. The molecule has 4 N–H and O–H groups in total. The van der Waals surface area contributed by atoms with Crippen molar-refractivity contribution >= 4 is 5.91 Å². The Morgan fingerprint density at radius 3 is 0.897 bits per heavy atom. The molecule has 0 aliphatic rings. The van der Waals surface area contributed by atoms with Gasteiger partial charge >= 0.3 is 0 Å². The largest absolute Gasteiger partial charge is 0.394 e. The van der Waals surface area contributed by atoms with Crippen molar-refractivity contribution in [1.82, 2.24) is 5.32 Å². The molecule has 3 atom stereocenters. The van der Waals surface area contributed by atoms with Gasteiger partial charge in [-0.2, -0.15) is 0 Å². The van der Waals surface area contributed by atoms with Crippen molar-refractivity contribution in [1.29, 1.82) is 0 Å². The predicted molar refractivity (Wildman–Crippen MR) is 301 cm³/mol. The van der Waals surface area contributed by atoms with Gasteiger partial charge in [0, 0.05) is 6.42 Å². The maximum atomic E-state index is 12.5. The monoisotopic (exact) mass is 956 g/mol. The van der Waals surface area contributed by atoms with Gasteiger partial charge in [-0.15, -0.1) is 0 Å². The fourth-order valence-corrected chi connectivity index (χ4v) is 9.71. The van der Waals surface area contributed by atoms with Gasteiger partial charge in [0.1, 0.15) is 6.10 Å². The number of hydrogen-bond acceptors (Lipinski definition) is 4. The molecule has 0 heterocycles. The summed E-state index contributed by atoms with van der Waals surface area (Å²) in [5, 5.41) is 33.8. The lowest BCUT2D eigenvalue weighted by atomic mass is 10.0. The first-order valence-corrected chi connectivity index (χ1v) is 30.8. The van der Waals surface area contributed by atoms with Gasteiger partial charge in [0.2, 0.25) is 5.91 Å². The Hall–Kier alpha value is -1.43. The molecule has 5 nitrogen and oxygen atoms in total. The van der Waals surface area contributed by atoms with E-state index in [0.717, 1.165) is 44.9 Å². The molecule has 0 rings (SSSR count). The number of carbonyl (C=O) groups excluding carboxylic acids is 1. The Morgan fingerprint density at radius 2 is 0.603 bits per heavy atom. The summed E-state index contributed by atoms with van der Waals surface area (Å²) in [5.41, 5.74) is 0. The molecule has 5 heteroatoms. The van der Waals surface area contributed by atoms with Crippen LogP contribution in [0.4, 0.5) is 0 Å². The highest BCUT2D eigenvalue weighted by atomic mass is 16.3. The normalized spacial score (nSPS) is 13.4. The van der Waals surface area contributed by atoms with Crippen LogP contribution in [0.1, 0.15) is 335 Å². The number of allylic oxidation sites excluding steroid dienone is 6. The van der Waals surface area contributed by atoms with E-state index in [0.29, 0.717) is 12.8 Å². The van der Waals surface area contributed by atoms with Crippen LogP contribution in [0.25, 0.3) is 0 Å². The smallest absolute Gasteiger partial charge is 0.220 e. The predicted octanol–water partition coefficient (Wildman–Crippen LogP) is 19.4. The first-order chi connectivity index (χ1) is 33.6. The van der Waals surface area contributed by atoms with E-state index in [-0.39, 0.29) is 12.5 Å². The van der Waals surface area contributed by atoms with E-state index in [4.69, 9.17) is 0 Å². The Balaban J connectivity index is 3.53. The number of aliphatic hydroxyl groups excluding tert-OH is 3. The third kappa shape index (κ3) is 52.4. The molecule has 0 aliphatic carbocycles. The molecular weight excluding hydrogens is 835 g/mol. The molecule has 0 aliphatic heterocycles. The molecule has 0 fully saturated rings. The van der Waals surface area contributed by atoms with Gasteiger partial charge in [0.25, 0.3) is 0 Å². The van der Waals surface area contributed by atoms with Crippen LogP contribution < -0.4 is 5.32 Å². The van der Waals surface area contributed by atoms with Gasteiger partial charge in [-0.1, -0.05) is 288 Å². The summed E-state index contributed by atoms with van der Waals surface area (Å²) in [6.07, 6.45) is 76.1. The maximum Gasteiger partial charge on any atom is 0.220 e. The Kier molecular flexibility index (Phi) is 56.9. The highest BCUT2D eigenvalue weighted by Gasteiger charge is 2.26. The second-order valence-corrected chi connectivity index (χ2v) is 21.2. The van der Waals surface area contributed by atoms with Crippen LogP contribution in [-0.2, 0) is 4.79 Å². The quantitative estimate of drug-likeness (QED) is 0.0361. The Bertz CT molecular complexity index is 1060. The minimum atomic E-state index is -1.17. The zero-order valence-electron chi connectivity index (χ0n) is 46.0. The molecule has 3 unspecified atom stereocenters. The third-order valence-corrected chi connectivity index (χ3v) is 14.4. The van der Waals surface area contributed by atoms with Crippen LogP contribution in [-0.4, -0.2) is 46.1 Å². The van der Waals surface area contributed by atoms with E-state index in [1.54, 1.807) is 0 Å². The van der Waals surface area contributed by atoms with Crippen molar-refractivity contribution in [2.75, 3.05) is 6.61 Å². The Labute approximate surface area is 425 Å². The van der Waals surface area contributed by atoms with Gasteiger partial charge in [-0.25, -0.2) is 0 Å². The van der Waals surface area contributed by atoms with Crippen molar-refractivity contribution in [3.05, 3.63) is 36.5 Å². The molecular formula is C63H121NO4. The molecule has 0 aromatic heterocycles. The fraction of sp³-hybridized carbons (Fsp3) is 0.889. The third-order valence-electron chi connectivity index (χ3n) is 14.4. The van der Waals surface area contributed by atoms with Crippen molar-refractivity contribution < 1.29 is 20.1 Å². The summed E-state index contributed by atoms with van der Waals surface area (Å²) < 4.78 is 0. The lowest BCUT2D eigenvalue weighted by Crippen LogP contribution is -2.50. The number of nitrogens with one attached hydrogen (secondary N) is 1. The van der Waals surface area contributed by atoms with E-state index in [2.05, 4.69) is 55.6 Å². The Morgan fingerprint density at radius 1 is 0.353 bits per heavy atom. The highest BCUT2D eigenvalue weighted by molar-refractivity contribution is 5.76. The van der Waals surface area contributed by atoms with E-state index < -0.39 is 18.2 Å². The van der Waals surface area contributed by atoms with Gasteiger partial charge < -0.3 is 20.6 Å². The summed E-state index contributed by atoms with van der Waals surface area (Å²) in [4.78, 5) is 12.5. The fourth-order valence-electron chi connectivity index (χ4n) is 9.71. The molecule has 0 saturated heterocycles.